The third-order valence-electron chi connectivity index (χ3n) is 5.69. The summed E-state index contributed by atoms with van der Waals surface area (Å²) in [5, 5.41) is 0. The molecule has 2 aromatic rings. The van der Waals surface area contributed by atoms with Crippen LogP contribution in [0.3, 0.4) is 0 Å². The first-order chi connectivity index (χ1) is 13.7. The summed E-state index contributed by atoms with van der Waals surface area (Å²) in [6.07, 6.45) is 2.09. The van der Waals surface area contributed by atoms with E-state index < -0.39 is 20.0 Å². The van der Waals surface area contributed by atoms with Crippen molar-refractivity contribution >= 4 is 37.4 Å². The molecule has 0 spiro atoms. The minimum Gasteiger partial charge on any atom is -0.381 e. The lowest BCUT2D eigenvalue weighted by molar-refractivity contribution is -0.118. The number of benzene rings is 2. The molecule has 2 heterocycles. The smallest absolute Gasteiger partial charge is 0.227 e. The van der Waals surface area contributed by atoms with E-state index in [2.05, 4.69) is 15.9 Å². The van der Waals surface area contributed by atoms with E-state index in [1.54, 1.807) is 25.2 Å². The monoisotopic (exact) mass is 481 g/mol. The van der Waals surface area contributed by atoms with Crippen LogP contribution in [-0.4, -0.2) is 34.6 Å². The number of carbonyl (C=O) groups is 1. The van der Waals surface area contributed by atoms with Gasteiger partial charge in [0.15, 0.2) is 0 Å². The van der Waals surface area contributed by atoms with Gasteiger partial charge in [0.2, 0.25) is 15.7 Å². The van der Waals surface area contributed by atoms with Crippen molar-refractivity contribution in [3.05, 3.63) is 53.3 Å². The number of aryl methyl sites for hydroxylation is 1. The molecular formula is C21H21BrFNO4S. The number of nitrogens with zero attached hydrogens (tertiary/aromatic N) is 1. The van der Waals surface area contributed by atoms with E-state index >= 15 is 0 Å². The lowest BCUT2D eigenvalue weighted by Crippen LogP contribution is -2.31. The number of anilines is 1. The average Bonchev–Trinajstić information content (AvgIpc) is 2.70. The molecule has 2 aromatic carbocycles. The normalized spacial score (nSPS) is 19.1. The van der Waals surface area contributed by atoms with Gasteiger partial charge in [0.05, 0.1) is 14.1 Å². The largest absolute Gasteiger partial charge is 0.381 e. The highest BCUT2D eigenvalue weighted by Crippen LogP contribution is 2.42. The summed E-state index contributed by atoms with van der Waals surface area (Å²) >= 11 is 3.68. The lowest BCUT2D eigenvalue weighted by atomic mass is 9.91. The molecule has 1 fully saturated rings. The van der Waals surface area contributed by atoms with Crippen LogP contribution in [0.25, 0.3) is 0 Å². The molecule has 0 unspecified atom stereocenters. The Hall–Kier alpha value is -1.77. The predicted molar refractivity (Wildman–Crippen MR) is 111 cm³/mol. The van der Waals surface area contributed by atoms with Crippen LogP contribution in [0, 0.1) is 5.82 Å². The van der Waals surface area contributed by atoms with Gasteiger partial charge in [0, 0.05) is 32.4 Å². The summed E-state index contributed by atoms with van der Waals surface area (Å²) < 4.78 is 45.8. The zero-order valence-corrected chi connectivity index (χ0v) is 18.4. The fourth-order valence-electron chi connectivity index (χ4n) is 3.90. The van der Waals surface area contributed by atoms with Gasteiger partial charge in [-0.3, -0.25) is 4.79 Å². The highest BCUT2D eigenvalue weighted by atomic mass is 79.9. The van der Waals surface area contributed by atoms with Gasteiger partial charge in [-0.05, 0) is 66.8 Å². The average molecular weight is 482 g/mol. The van der Waals surface area contributed by atoms with Gasteiger partial charge in [0.25, 0.3) is 0 Å². The van der Waals surface area contributed by atoms with E-state index in [9.17, 15) is 17.6 Å². The van der Waals surface area contributed by atoms with E-state index in [-0.39, 0.29) is 15.7 Å². The molecule has 0 atom stereocenters. The standard InChI is InChI=1S/C21H21BrFNO4S/c1-24-19-4-3-17(10-14(19)2-5-20(24)25)29(26,27)18-12-15(11-16(23)13-18)21(22)6-8-28-9-7-21/h3-4,10-13H,2,5-9H2,1H3. The van der Waals surface area contributed by atoms with Crippen molar-refractivity contribution in [3.8, 4) is 0 Å². The first-order valence-electron chi connectivity index (χ1n) is 9.43. The van der Waals surface area contributed by atoms with Gasteiger partial charge in [-0.25, -0.2) is 12.8 Å². The van der Waals surface area contributed by atoms with E-state index in [1.165, 1.54) is 17.0 Å². The van der Waals surface area contributed by atoms with Crippen LogP contribution in [0.2, 0.25) is 0 Å². The fourth-order valence-corrected chi connectivity index (χ4v) is 5.82. The number of alkyl halides is 1. The molecule has 4 rings (SSSR count). The second kappa shape index (κ2) is 7.49. The SMILES string of the molecule is CN1C(=O)CCc2cc(S(=O)(=O)c3cc(F)cc(C4(Br)CCOCC4)c3)ccc21. The number of ether oxygens (including phenoxy) is 1. The van der Waals surface area contributed by atoms with Crippen LogP contribution >= 0.6 is 15.9 Å². The minimum atomic E-state index is -3.91. The second-order valence-electron chi connectivity index (χ2n) is 7.50. The molecule has 5 nitrogen and oxygen atoms in total. The molecule has 0 bridgehead atoms. The summed E-state index contributed by atoms with van der Waals surface area (Å²) in [4.78, 5) is 13.4. The Morgan fingerprint density at radius 2 is 1.79 bits per heavy atom. The molecule has 0 N–H and O–H groups in total. The molecule has 0 saturated carbocycles. The zero-order chi connectivity index (χ0) is 20.8. The van der Waals surface area contributed by atoms with Crippen LogP contribution in [-0.2, 0) is 30.1 Å². The Bertz CT molecular complexity index is 1080. The Kier molecular flexibility index (Phi) is 5.29. The van der Waals surface area contributed by atoms with Crippen molar-refractivity contribution in [2.45, 2.75) is 39.8 Å². The van der Waals surface area contributed by atoms with Crippen molar-refractivity contribution in [3.63, 3.8) is 0 Å². The Labute approximate surface area is 177 Å². The molecule has 2 aliphatic rings. The molecule has 8 heteroatoms. The Balaban J connectivity index is 1.76. The number of hydrogen-bond acceptors (Lipinski definition) is 4. The molecule has 0 radical (unpaired) electrons. The summed E-state index contributed by atoms with van der Waals surface area (Å²) in [5.74, 6) is -0.586. The molecule has 1 saturated heterocycles. The van der Waals surface area contributed by atoms with Crippen LogP contribution < -0.4 is 4.90 Å². The van der Waals surface area contributed by atoms with Gasteiger partial charge >= 0.3 is 0 Å². The quantitative estimate of drug-likeness (QED) is 0.622. The van der Waals surface area contributed by atoms with Gasteiger partial charge < -0.3 is 9.64 Å². The fraction of sp³-hybridized carbons (Fsp3) is 0.381. The maximum Gasteiger partial charge on any atom is 0.227 e. The minimum absolute atomic E-state index is 0.00181. The van der Waals surface area contributed by atoms with Gasteiger partial charge in [-0.15, -0.1) is 0 Å². The predicted octanol–water partition coefficient (Wildman–Crippen LogP) is 3.97. The zero-order valence-electron chi connectivity index (χ0n) is 16.0. The van der Waals surface area contributed by atoms with Crippen molar-refractivity contribution < 1.29 is 22.3 Å². The lowest BCUT2D eigenvalue weighted by Gasteiger charge is -2.32. The van der Waals surface area contributed by atoms with Crippen LogP contribution in [0.5, 0.6) is 0 Å². The second-order valence-corrected chi connectivity index (χ2v) is 11.0. The van der Waals surface area contributed by atoms with Crippen molar-refractivity contribution in [2.24, 2.45) is 0 Å². The van der Waals surface area contributed by atoms with Gasteiger partial charge in [-0.2, -0.15) is 0 Å². The van der Waals surface area contributed by atoms with E-state index in [0.29, 0.717) is 50.1 Å². The molecule has 29 heavy (non-hydrogen) atoms. The first kappa shape index (κ1) is 20.5. The summed E-state index contributed by atoms with van der Waals surface area (Å²) in [6, 6.07) is 8.70. The highest BCUT2D eigenvalue weighted by molar-refractivity contribution is 9.09. The number of hydrogen-bond donors (Lipinski definition) is 0. The van der Waals surface area contributed by atoms with Crippen molar-refractivity contribution in [1.29, 1.82) is 0 Å². The molecule has 0 aromatic heterocycles. The van der Waals surface area contributed by atoms with Gasteiger partial charge in [-0.1, -0.05) is 15.9 Å². The number of sulfone groups is 1. The van der Waals surface area contributed by atoms with E-state index in [0.717, 1.165) is 11.6 Å². The van der Waals surface area contributed by atoms with Crippen LogP contribution in [0.1, 0.15) is 30.4 Å². The number of amides is 1. The Morgan fingerprint density at radius 3 is 2.52 bits per heavy atom. The van der Waals surface area contributed by atoms with Gasteiger partial charge in [0.1, 0.15) is 5.82 Å². The maximum absolute atomic E-state index is 14.4. The van der Waals surface area contributed by atoms with Crippen molar-refractivity contribution in [1.82, 2.24) is 0 Å². The number of carbonyl (C=O) groups excluding carboxylic acids is 1. The summed E-state index contributed by atoms with van der Waals surface area (Å²) in [5.41, 5.74) is 2.11. The first-order valence-corrected chi connectivity index (χ1v) is 11.7. The molecule has 0 aliphatic carbocycles. The molecule has 2 aliphatic heterocycles. The molecule has 1 amide bonds. The third kappa shape index (κ3) is 3.73. The van der Waals surface area contributed by atoms with Crippen LogP contribution in [0.4, 0.5) is 10.1 Å². The third-order valence-corrected chi connectivity index (χ3v) is 8.67. The highest BCUT2D eigenvalue weighted by Gasteiger charge is 2.33. The number of halogens is 2. The Morgan fingerprint density at radius 1 is 1.07 bits per heavy atom. The number of rotatable bonds is 3. The summed E-state index contributed by atoms with van der Waals surface area (Å²) in [7, 11) is -2.23. The van der Waals surface area contributed by atoms with Crippen LogP contribution in [0.15, 0.2) is 46.2 Å². The van der Waals surface area contributed by atoms with Crippen molar-refractivity contribution in [2.75, 3.05) is 25.2 Å². The van der Waals surface area contributed by atoms with E-state index in [4.69, 9.17) is 4.74 Å². The topological polar surface area (TPSA) is 63.7 Å². The molecule has 154 valence electrons. The molecular weight excluding hydrogens is 461 g/mol. The number of fused-ring (bicyclic) bond motifs is 1. The maximum atomic E-state index is 14.4. The summed E-state index contributed by atoms with van der Waals surface area (Å²) in [6.45, 7) is 1.06. The van der Waals surface area contributed by atoms with E-state index in [1.807, 2.05) is 0 Å².